The summed E-state index contributed by atoms with van der Waals surface area (Å²) in [5.41, 5.74) is 6.11. The van der Waals surface area contributed by atoms with Gasteiger partial charge in [-0.3, -0.25) is 4.79 Å². The SMILES string of the molecule is CCOC(=O)CCCCCOC1CCCCCC1N. The molecule has 1 saturated carbocycles. The predicted molar refractivity (Wildman–Crippen MR) is 75.9 cm³/mol. The second kappa shape index (κ2) is 10.2. The number of hydrogen-bond acceptors (Lipinski definition) is 4. The lowest BCUT2D eigenvalue weighted by atomic mass is 10.1. The quantitative estimate of drug-likeness (QED) is 0.419. The Hall–Kier alpha value is -0.610. The second-order valence-electron chi connectivity index (χ2n) is 5.33. The number of nitrogens with two attached hydrogens (primary N) is 1. The molecule has 4 heteroatoms. The summed E-state index contributed by atoms with van der Waals surface area (Å²) in [4.78, 5) is 11.1. The molecule has 19 heavy (non-hydrogen) atoms. The summed E-state index contributed by atoms with van der Waals surface area (Å²) in [6.07, 6.45) is 9.62. The highest BCUT2D eigenvalue weighted by Gasteiger charge is 2.20. The van der Waals surface area contributed by atoms with Gasteiger partial charge in [-0.25, -0.2) is 0 Å². The molecule has 0 aliphatic heterocycles. The van der Waals surface area contributed by atoms with Gasteiger partial charge in [-0.1, -0.05) is 25.7 Å². The first kappa shape index (κ1) is 16.4. The number of rotatable bonds is 8. The van der Waals surface area contributed by atoms with Crippen molar-refractivity contribution in [3.63, 3.8) is 0 Å². The third-order valence-electron chi connectivity index (χ3n) is 3.67. The molecule has 0 radical (unpaired) electrons. The van der Waals surface area contributed by atoms with Crippen molar-refractivity contribution in [3.8, 4) is 0 Å². The third kappa shape index (κ3) is 7.53. The fourth-order valence-corrected chi connectivity index (χ4v) is 2.53. The number of hydrogen-bond donors (Lipinski definition) is 1. The van der Waals surface area contributed by atoms with E-state index in [1.165, 1.54) is 19.3 Å². The Morgan fingerprint density at radius 1 is 1.16 bits per heavy atom. The first-order valence-electron chi connectivity index (χ1n) is 7.77. The van der Waals surface area contributed by atoms with Crippen LogP contribution >= 0.6 is 0 Å². The summed E-state index contributed by atoms with van der Waals surface area (Å²) in [5, 5.41) is 0. The van der Waals surface area contributed by atoms with Gasteiger partial charge in [0.15, 0.2) is 0 Å². The van der Waals surface area contributed by atoms with Crippen molar-refractivity contribution in [3.05, 3.63) is 0 Å². The molecule has 0 amide bonds. The minimum atomic E-state index is -0.0887. The highest BCUT2D eigenvalue weighted by molar-refractivity contribution is 5.69. The van der Waals surface area contributed by atoms with Crippen LogP contribution in [0.1, 0.15) is 64.7 Å². The lowest BCUT2D eigenvalue weighted by molar-refractivity contribution is -0.143. The van der Waals surface area contributed by atoms with E-state index in [1.54, 1.807) is 0 Å². The zero-order valence-electron chi connectivity index (χ0n) is 12.2. The Morgan fingerprint density at radius 3 is 2.74 bits per heavy atom. The first-order chi connectivity index (χ1) is 9.24. The Morgan fingerprint density at radius 2 is 1.95 bits per heavy atom. The average molecular weight is 271 g/mol. The van der Waals surface area contributed by atoms with Gasteiger partial charge in [0.05, 0.1) is 12.7 Å². The van der Waals surface area contributed by atoms with Crippen LogP contribution < -0.4 is 5.73 Å². The van der Waals surface area contributed by atoms with Gasteiger partial charge in [0.25, 0.3) is 0 Å². The second-order valence-corrected chi connectivity index (χ2v) is 5.33. The van der Waals surface area contributed by atoms with Gasteiger partial charge in [0, 0.05) is 19.1 Å². The van der Waals surface area contributed by atoms with Gasteiger partial charge in [0.2, 0.25) is 0 Å². The largest absolute Gasteiger partial charge is 0.466 e. The van der Waals surface area contributed by atoms with E-state index in [4.69, 9.17) is 15.2 Å². The number of ether oxygens (including phenoxy) is 2. The van der Waals surface area contributed by atoms with Crippen molar-refractivity contribution in [2.24, 2.45) is 5.73 Å². The summed E-state index contributed by atoms with van der Waals surface area (Å²) in [6, 6.07) is 0.210. The minimum absolute atomic E-state index is 0.0887. The molecule has 2 atom stereocenters. The molecule has 1 aliphatic carbocycles. The molecule has 0 bridgehead atoms. The van der Waals surface area contributed by atoms with Gasteiger partial charge in [0.1, 0.15) is 0 Å². The molecule has 0 aromatic rings. The molecule has 1 fully saturated rings. The molecule has 0 heterocycles. The highest BCUT2D eigenvalue weighted by Crippen LogP contribution is 2.19. The first-order valence-corrected chi connectivity index (χ1v) is 7.77. The average Bonchev–Trinajstić information content (AvgIpc) is 2.59. The van der Waals surface area contributed by atoms with Crippen LogP contribution in [0.2, 0.25) is 0 Å². The lowest BCUT2D eigenvalue weighted by Gasteiger charge is -2.21. The van der Waals surface area contributed by atoms with Crippen molar-refractivity contribution < 1.29 is 14.3 Å². The number of unbranched alkanes of at least 4 members (excludes halogenated alkanes) is 2. The van der Waals surface area contributed by atoms with Crippen LogP contribution in [-0.4, -0.2) is 31.3 Å². The summed E-state index contributed by atoms with van der Waals surface area (Å²) >= 11 is 0. The Balaban J connectivity index is 1.99. The van der Waals surface area contributed by atoms with Crippen molar-refractivity contribution >= 4 is 5.97 Å². The lowest BCUT2D eigenvalue weighted by Crippen LogP contribution is -2.35. The zero-order valence-corrected chi connectivity index (χ0v) is 12.2. The molecular weight excluding hydrogens is 242 g/mol. The molecule has 112 valence electrons. The van der Waals surface area contributed by atoms with Crippen LogP contribution in [0.25, 0.3) is 0 Å². The highest BCUT2D eigenvalue weighted by atomic mass is 16.5. The summed E-state index contributed by atoms with van der Waals surface area (Å²) in [6.45, 7) is 3.07. The normalized spacial score (nSPS) is 23.9. The Kier molecular flexibility index (Phi) is 8.84. The van der Waals surface area contributed by atoms with Crippen molar-refractivity contribution in [1.29, 1.82) is 0 Å². The molecule has 1 rings (SSSR count). The van der Waals surface area contributed by atoms with Gasteiger partial charge >= 0.3 is 5.97 Å². The maximum absolute atomic E-state index is 11.1. The third-order valence-corrected chi connectivity index (χ3v) is 3.67. The van der Waals surface area contributed by atoms with E-state index < -0.39 is 0 Å². The van der Waals surface area contributed by atoms with Gasteiger partial charge in [-0.2, -0.15) is 0 Å². The molecule has 0 saturated heterocycles. The van der Waals surface area contributed by atoms with Crippen LogP contribution in [0.3, 0.4) is 0 Å². The Bertz CT molecular complexity index is 246. The minimum Gasteiger partial charge on any atom is -0.466 e. The van der Waals surface area contributed by atoms with Crippen LogP contribution in [0.4, 0.5) is 0 Å². The van der Waals surface area contributed by atoms with Crippen LogP contribution in [0, 0.1) is 0 Å². The predicted octanol–water partition coefficient (Wildman–Crippen LogP) is 2.79. The molecule has 0 aromatic heterocycles. The standard InChI is InChI=1S/C15H29NO3/c1-2-18-15(17)11-7-4-8-12-19-14-10-6-3-5-9-13(14)16/h13-14H,2-12,16H2,1H3. The fraction of sp³-hybridized carbons (Fsp3) is 0.933. The topological polar surface area (TPSA) is 61.5 Å². The van der Waals surface area contributed by atoms with Gasteiger partial charge in [-0.15, -0.1) is 0 Å². The van der Waals surface area contributed by atoms with Crippen LogP contribution in [0.15, 0.2) is 0 Å². The molecule has 0 aromatic carbocycles. The molecule has 1 aliphatic rings. The van der Waals surface area contributed by atoms with Crippen LogP contribution in [0.5, 0.6) is 0 Å². The van der Waals surface area contributed by atoms with Gasteiger partial charge in [-0.05, 0) is 32.6 Å². The number of carbonyl (C=O) groups excluding carboxylic acids is 1. The molecule has 2 unspecified atom stereocenters. The molecular formula is C15H29NO3. The van der Waals surface area contributed by atoms with Crippen molar-refractivity contribution in [2.45, 2.75) is 76.9 Å². The van der Waals surface area contributed by atoms with E-state index in [0.29, 0.717) is 13.0 Å². The fourth-order valence-electron chi connectivity index (χ4n) is 2.53. The van der Waals surface area contributed by atoms with E-state index in [0.717, 1.165) is 38.7 Å². The Labute approximate surface area is 117 Å². The monoisotopic (exact) mass is 271 g/mol. The van der Waals surface area contributed by atoms with E-state index in [9.17, 15) is 4.79 Å². The van der Waals surface area contributed by atoms with Crippen molar-refractivity contribution in [2.75, 3.05) is 13.2 Å². The van der Waals surface area contributed by atoms with Crippen molar-refractivity contribution in [1.82, 2.24) is 0 Å². The van der Waals surface area contributed by atoms with E-state index in [1.807, 2.05) is 6.92 Å². The van der Waals surface area contributed by atoms with Gasteiger partial charge < -0.3 is 15.2 Å². The summed E-state index contributed by atoms with van der Waals surface area (Å²) in [7, 11) is 0. The number of esters is 1. The number of carbonyl (C=O) groups is 1. The summed E-state index contributed by atoms with van der Waals surface area (Å²) in [5.74, 6) is -0.0887. The smallest absolute Gasteiger partial charge is 0.305 e. The summed E-state index contributed by atoms with van der Waals surface area (Å²) < 4.78 is 10.8. The molecule has 2 N–H and O–H groups in total. The molecule has 4 nitrogen and oxygen atoms in total. The van der Waals surface area contributed by atoms with Crippen LogP contribution in [-0.2, 0) is 14.3 Å². The maximum Gasteiger partial charge on any atom is 0.305 e. The van der Waals surface area contributed by atoms with E-state index in [2.05, 4.69) is 0 Å². The van der Waals surface area contributed by atoms with E-state index >= 15 is 0 Å². The van der Waals surface area contributed by atoms with E-state index in [-0.39, 0.29) is 18.1 Å². The zero-order chi connectivity index (χ0) is 13.9. The molecule has 0 spiro atoms. The maximum atomic E-state index is 11.1.